The van der Waals surface area contributed by atoms with Crippen LogP contribution in [0.1, 0.15) is 44.2 Å². The highest BCUT2D eigenvalue weighted by molar-refractivity contribution is 5.31. The summed E-state index contributed by atoms with van der Waals surface area (Å²) < 4.78 is 18.5. The summed E-state index contributed by atoms with van der Waals surface area (Å²) in [4.78, 5) is 0. The third kappa shape index (κ3) is 2.69. The van der Waals surface area contributed by atoms with Gasteiger partial charge in [-0.25, -0.2) is 4.39 Å². The average molecular weight is 277 g/mol. The number of benzene rings is 1. The molecule has 0 aromatic heterocycles. The van der Waals surface area contributed by atoms with Crippen LogP contribution in [0.15, 0.2) is 18.2 Å². The van der Waals surface area contributed by atoms with Crippen LogP contribution in [0.3, 0.4) is 0 Å². The fourth-order valence-electron chi connectivity index (χ4n) is 4.02. The third-order valence-electron chi connectivity index (χ3n) is 5.25. The van der Waals surface area contributed by atoms with Crippen molar-refractivity contribution in [2.45, 2.75) is 38.6 Å². The number of methoxy groups -OCH3 is 1. The SMILES string of the molecule is COc1cc(C(C)NCC2CC3CCC2C3)ccc1F. The fraction of sp³-hybridized carbons (Fsp3) is 0.647. The van der Waals surface area contributed by atoms with Crippen LogP contribution in [0.2, 0.25) is 0 Å². The van der Waals surface area contributed by atoms with Gasteiger partial charge in [-0.05, 0) is 68.2 Å². The second-order valence-corrected chi connectivity index (χ2v) is 6.46. The molecule has 2 saturated carbocycles. The van der Waals surface area contributed by atoms with Gasteiger partial charge in [0.05, 0.1) is 7.11 Å². The summed E-state index contributed by atoms with van der Waals surface area (Å²) in [6, 6.07) is 5.37. The molecule has 0 saturated heterocycles. The van der Waals surface area contributed by atoms with Gasteiger partial charge >= 0.3 is 0 Å². The van der Waals surface area contributed by atoms with E-state index in [1.807, 2.05) is 6.07 Å². The molecule has 0 heterocycles. The quantitative estimate of drug-likeness (QED) is 0.880. The lowest BCUT2D eigenvalue weighted by Gasteiger charge is -2.24. The van der Waals surface area contributed by atoms with Crippen LogP contribution in [0, 0.1) is 23.6 Å². The van der Waals surface area contributed by atoms with Gasteiger partial charge in [0.25, 0.3) is 0 Å². The van der Waals surface area contributed by atoms with Gasteiger partial charge < -0.3 is 10.1 Å². The zero-order valence-corrected chi connectivity index (χ0v) is 12.4. The average Bonchev–Trinajstić information content (AvgIpc) is 3.07. The Bertz CT molecular complexity index is 476. The van der Waals surface area contributed by atoms with Crippen molar-refractivity contribution in [1.82, 2.24) is 5.32 Å². The van der Waals surface area contributed by atoms with Crippen LogP contribution in [0.4, 0.5) is 4.39 Å². The smallest absolute Gasteiger partial charge is 0.165 e. The van der Waals surface area contributed by atoms with Crippen molar-refractivity contribution < 1.29 is 9.13 Å². The van der Waals surface area contributed by atoms with Crippen molar-refractivity contribution in [3.8, 4) is 5.75 Å². The third-order valence-corrected chi connectivity index (χ3v) is 5.25. The van der Waals surface area contributed by atoms with E-state index >= 15 is 0 Å². The van der Waals surface area contributed by atoms with Crippen molar-refractivity contribution in [2.75, 3.05) is 13.7 Å². The van der Waals surface area contributed by atoms with E-state index in [1.54, 1.807) is 6.07 Å². The number of nitrogens with one attached hydrogen (secondary N) is 1. The van der Waals surface area contributed by atoms with Crippen LogP contribution in [-0.2, 0) is 0 Å². The van der Waals surface area contributed by atoms with Crippen molar-refractivity contribution in [2.24, 2.45) is 17.8 Å². The molecule has 2 fully saturated rings. The van der Waals surface area contributed by atoms with Gasteiger partial charge in [0.15, 0.2) is 11.6 Å². The Balaban J connectivity index is 1.57. The molecular weight excluding hydrogens is 253 g/mol. The van der Waals surface area contributed by atoms with Gasteiger partial charge in [-0.1, -0.05) is 12.5 Å². The maximum Gasteiger partial charge on any atom is 0.165 e. The predicted molar refractivity (Wildman–Crippen MR) is 78.3 cm³/mol. The molecule has 4 unspecified atom stereocenters. The van der Waals surface area contributed by atoms with Crippen LogP contribution in [-0.4, -0.2) is 13.7 Å². The molecule has 0 aliphatic heterocycles. The van der Waals surface area contributed by atoms with Gasteiger partial charge in [-0.15, -0.1) is 0 Å². The maximum absolute atomic E-state index is 13.4. The molecule has 4 atom stereocenters. The standard InChI is InChI=1S/C17H24FNO/c1-11(13-5-6-16(18)17(9-13)20-2)19-10-15-8-12-3-4-14(15)7-12/h5-6,9,11-12,14-15,19H,3-4,7-8,10H2,1-2H3. The summed E-state index contributed by atoms with van der Waals surface area (Å²) in [5.74, 6) is 2.82. The molecule has 0 radical (unpaired) electrons. The number of hydrogen-bond donors (Lipinski definition) is 1. The van der Waals surface area contributed by atoms with Crippen molar-refractivity contribution in [3.05, 3.63) is 29.6 Å². The maximum atomic E-state index is 13.4. The molecule has 2 nitrogen and oxygen atoms in total. The Kier molecular flexibility index (Phi) is 3.97. The molecule has 0 spiro atoms. The fourth-order valence-corrected chi connectivity index (χ4v) is 4.02. The molecule has 20 heavy (non-hydrogen) atoms. The largest absolute Gasteiger partial charge is 0.494 e. The molecule has 2 aliphatic carbocycles. The zero-order valence-electron chi connectivity index (χ0n) is 12.4. The van der Waals surface area contributed by atoms with E-state index in [-0.39, 0.29) is 11.9 Å². The lowest BCUT2D eigenvalue weighted by molar-refractivity contribution is 0.309. The van der Waals surface area contributed by atoms with Gasteiger partial charge in [0.2, 0.25) is 0 Å². The Morgan fingerprint density at radius 2 is 2.20 bits per heavy atom. The molecule has 0 amide bonds. The summed E-state index contributed by atoms with van der Waals surface area (Å²) in [6.45, 7) is 3.22. The first-order chi connectivity index (χ1) is 9.67. The molecule has 110 valence electrons. The van der Waals surface area contributed by atoms with Crippen molar-refractivity contribution in [3.63, 3.8) is 0 Å². The van der Waals surface area contributed by atoms with E-state index in [9.17, 15) is 4.39 Å². The van der Waals surface area contributed by atoms with E-state index in [0.717, 1.165) is 29.9 Å². The van der Waals surface area contributed by atoms with Gasteiger partial charge in [-0.2, -0.15) is 0 Å². The van der Waals surface area contributed by atoms with Crippen molar-refractivity contribution >= 4 is 0 Å². The Morgan fingerprint density at radius 3 is 2.85 bits per heavy atom. The number of ether oxygens (including phenoxy) is 1. The molecule has 3 heteroatoms. The first-order valence-electron chi connectivity index (χ1n) is 7.74. The summed E-state index contributed by atoms with van der Waals surface area (Å²) in [5.41, 5.74) is 1.09. The van der Waals surface area contributed by atoms with Crippen LogP contribution in [0.25, 0.3) is 0 Å². The predicted octanol–water partition coefficient (Wildman–Crippen LogP) is 3.92. The summed E-state index contributed by atoms with van der Waals surface area (Å²) in [6.07, 6.45) is 5.73. The van der Waals surface area contributed by atoms with Crippen molar-refractivity contribution in [1.29, 1.82) is 0 Å². The molecule has 2 aliphatic rings. The molecule has 3 rings (SSSR count). The monoisotopic (exact) mass is 277 g/mol. The number of rotatable bonds is 5. The molecule has 1 aromatic rings. The number of fused-ring (bicyclic) bond motifs is 2. The minimum Gasteiger partial charge on any atom is -0.494 e. The minimum absolute atomic E-state index is 0.239. The number of hydrogen-bond acceptors (Lipinski definition) is 2. The normalized spacial score (nSPS) is 29.6. The molecular formula is C17H24FNO. The Labute approximate surface area is 120 Å². The first-order valence-corrected chi connectivity index (χ1v) is 7.74. The topological polar surface area (TPSA) is 21.3 Å². The Hall–Kier alpha value is -1.09. The van der Waals surface area contributed by atoms with Gasteiger partial charge in [0, 0.05) is 6.04 Å². The molecule has 1 aromatic carbocycles. The summed E-state index contributed by atoms with van der Waals surface area (Å²) in [7, 11) is 1.51. The van der Waals surface area contributed by atoms with Crippen LogP contribution >= 0.6 is 0 Å². The van der Waals surface area contributed by atoms with E-state index in [2.05, 4.69) is 12.2 Å². The van der Waals surface area contributed by atoms with E-state index in [1.165, 1.54) is 38.9 Å². The lowest BCUT2D eigenvalue weighted by atomic mass is 9.88. The van der Waals surface area contributed by atoms with E-state index in [0.29, 0.717) is 5.75 Å². The van der Waals surface area contributed by atoms with E-state index in [4.69, 9.17) is 4.74 Å². The summed E-state index contributed by atoms with van der Waals surface area (Å²) in [5, 5.41) is 3.62. The number of halogens is 1. The molecule has 2 bridgehead atoms. The highest BCUT2D eigenvalue weighted by atomic mass is 19.1. The lowest BCUT2D eigenvalue weighted by Crippen LogP contribution is -2.28. The van der Waals surface area contributed by atoms with E-state index < -0.39 is 0 Å². The van der Waals surface area contributed by atoms with Crippen LogP contribution < -0.4 is 10.1 Å². The highest BCUT2D eigenvalue weighted by Crippen LogP contribution is 2.48. The summed E-state index contributed by atoms with van der Waals surface area (Å²) >= 11 is 0. The second kappa shape index (κ2) is 5.72. The van der Waals surface area contributed by atoms with Crippen LogP contribution in [0.5, 0.6) is 5.75 Å². The van der Waals surface area contributed by atoms with Gasteiger partial charge in [-0.3, -0.25) is 0 Å². The zero-order chi connectivity index (χ0) is 14.1. The minimum atomic E-state index is -0.295. The molecule has 1 N–H and O–H groups in total. The highest BCUT2D eigenvalue weighted by Gasteiger charge is 2.39. The van der Waals surface area contributed by atoms with Gasteiger partial charge in [0.1, 0.15) is 0 Å². The Morgan fingerprint density at radius 1 is 1.35 bits per heavy atom. The first kappa shape index (κ1) is 13.9. The second-order valence-electron chi connectivity index (χ2n) is 6.46.